The summed E-state index contributed by atoms with van der Waals surface area (Å²) in [6, 6.07) is 14.2. The molecular formula is C17H14N2O2S2. The van der Waals surface area contributed by atoms with Crippen LogP contribution in [0.4, 0.5) is 10.8 Å². The molecule has 0 amide bonds. The van der Waals surface area contributed by atoms with Crippen LogP contribution in [0.5, 0.6) is 11.5 Å². The fraction of sp³-hybridized carbons (Fsp3) is 0.118. The first-order valence-corrected chi connectivity index (χ1v) is 9.19. The number of hydrogen-bond donors (Lipinski definition) is 1. The average molecular weight is 342 g/mol. The fourth-order valence-corrected chi connectivity index (χ4v) is 3.54. The summed E-state index contributed by atoms with van der Waals surface area (Å²) in [7, 11) is 0. The predicted octanol–water partition coefficient (Wildman–Crippen LogP) is 5.00. The summed E-state index contributed by atoms with van der Waals surface area (Å²) in [5.74, 6) is 1.56. The van der Waals surface area contributed by atoms with E-state index >= 15 is 0 Å². The third kappa shape index (κ3) is 3.00. The topological polar surface area (TPSA) is 43.4 Å². The maximum absolute atomic E-state index is 5.42. The maximum Gasteiger partial charge on any atom is 0.231 e. The molecule has 1 aliphatic heterocycles. The van der Waals surface area contributed by atoms with E-state index < -0.39 is 0 Å². The number of benzene rings is 2. The number of nitrogens with zero attached hydrogens (tertiary/aromatic N) is 1. The van der Waals surface area contributed by atoms with E-state index in [9.17, 15) is 0 Å². The Hall–Kier alpha value is -2.18. The molecule has 4 rings (SSSR count). The number of hydrogen-bond acceptors (Lipinski definition) is 6. The molecular weight excluding hydrogens is 328 g/mol. The molecule has 2 heterocycles. The van der Waals surface area contributed by atoms with Gasteiger partial charge in [0.25, 0.3) is 0 Å². The predicted molar refractivity (Wildman–Crippen MR) is 95.2 cm³/mol. The first-order chi connectivity index (χ1) is 11.3. The van der Waals surface area contributed by atoms with Crippen molar-refractivity contribution in [2.75, 3.05) is 18.4 Å². The molecule has 23 heavy (non-hydrogen) atoms. The Morgan fingerprint density at radius 2 is 2.04 bits per heavy atom. The van der Waals surface area contributed by atoms with Gasteiger partial charge in [0, 0.05) is 21.5 Å². The van der Waals surface area contributed by atoms with Crippen LogP contribution in [-0.4, -0.2) is 18.0 Å². The summed E-state index contributed by atoms with van der Waals surface area (Å²) in [6.45, 7) is 0.286. The molecule has 0 fully saturated rings. The molecule has 3 aromatic rings. The van der Waals surface area contributed by atoms with Crippen LogP contribution < -0.4 is 14.8 Å². The van der Waals surface area contributed by atoms with Crippen molar-refractivity contribution in [2.24, 2.45) is 0 Å². The SMILES string of the molecule is CSc1cccc(Nc2nc(-c3ccc4c(c3)OCO4)cs2)c1. The Labute approximate surface area is 142 Å². The Balaban J connectivity index is 1.56. The lowest BCUT2D eigenvalue weighted by atomic mass is 10.1. The van der Waals surface area contributed by atoms with Gasteiger partial charge >= 0.3 is 0 Å². The zero-order chi connectivity index (χ0) is 15.6. The molecule has 0 bridgehead atoms. The molecule has 1 N–H and O–H groups in total. The van der Waals surface area contributed by atoms with Gasteiger partial charge in [-0.2, -0.15) is 0 Å². The minimum Gasteiger partial charge on any atom is -0.454 e. The maximum atomic E-state index is 5.42. The van der Waals surface area contributed by atoms with Gasteiger partial charge in [-0.1, -0.05) is 6.07 Å². The number of thioether (sulfide) groups is 1. The third-order valence-electron chi connectivity index (χ3n) is 3.49. The highest BCUT2D eigenvalue weighted by Gasteiger charge is 2.15. The molecule has 6 heteroatoms. The van der Waals surface area contributed by atoms with Crippen LogP contribution >= 0.6 is 23.1 Å². The lowest BCUT2D eigenvalue weighted by molar-refractivity contribution is 0.174. The summed E-state index contributed by atoms with van der Waals surface area (Å²) >= 11 is 3.31. The van der Waals surface area contributed by atoms with Gasteiger partial charge in [0.05, 0.1) is 5.69 Å². The van der Waals surface area contributed by atoms with Crippen molar-refractivity contribution in [1.29, 1.82) is 0 Å². The second-order valence-electron chi connectivity index (χ2n) is 4.96. The van der Waals surface area contributed by atoms with E-state index in [4.69, 9.17) is 9.47 Å². The third-order valence-corrected chi connectivity index (χ3v) is 4.98. The van der Waals surface area contributed by atoms with Gasteiger partial charge in [-0.15, -0.1) is 23.1 Å². The number of anilines is 2. The first-order valence-electron chi connectivity index (χ1n) is 7.08. The Morgan fingerprint density at radius 3 is 2.96 bits per heavy atom. The largest absolute Gasteiger partial charge is 0.454 e. The zero-order valence-corrected chi connectivity index (χ0v) is 14.0. The van der Waals surface area contributed by atoms with Crippen LogP contribution in [0, 0.1) is 0 Å². The van der Waals surface area contributed by atoms with Crippen LogP contribution in [-0.2, 0) is 0 Å². The van der Waals surface area contributed by atoms with Gasteiger partial charge in [-0.05, 0) is 42.7 Å². The van der Waals surface area contributed by atoms with E-state index in [1.807, 2.05) is 35.7 Å². The van der Waals surface area contributed by atoms with Crippen molar-refractivity contribution < 1.29 is 9.47 Å². The highest BCUT2D eigenvalue weighted by atomic mass is 32.2. The van der Waals surface area contributed by atoms with E-state index in [2.05, 4.69) is 28.7 Å². The lowest BCUT2D eigenvalue weighted by Gasteiger charge is -2.04. The molecule has 0 saturated heterocycles. The van der Waals surface area contributed by atoms with Crippen molar-refractivity contribution >= 4 is 33.9 Å². The van der Waals surface area contributed by atoms with E-state index in [1.54, 1.807) is 23.1 Å². The standard InChI is InChI=1S/C17H14N2O2S2/c1-22-13-4-2-3-12(8-13)18-17-19-14(9-23-17)11-5-6-15-16(7-11)21-10-20-15/h2-9H,10H2,1H3,(H,18,19). The second kappa shape index (κ2) is 6.14. The van der Waals surface area contributed by atoms with Crippen molar-refractivity contribution in [3.05, 3.63) is 47.8 Å². The molecule has 0 atom stereocenters. The molecule has 4 nitrogen and oxygen atoms in total. The molecule has 1 aromatic heterocycles. The zero-order valence-electron chi connectivity index (χ0n) is 12.4. The van der Waals surface area contributed by atoms with Crippen LogP contribution in [0.25, 0.3) is 11.3 Å². The molecule has 0 aliphatic carbocycles. The molecule has 0 spiro atoms. The van der Waals surface area contributed by atoms with Gasteiger partial charge < -0.3 is 14.8 Å². The molecule has 116 valence electrons. The van der Waals surface area contributed by atoms with E-state index in [-0.39, 0.29) is 6.79 Å². The summed E-state index contributed by atoms with van der Waals surface area (Å²) in [4.78, 5) is 5.89. The second-order valence-corrected chi connectivity index (χ2v) is 6.70. The van der Waals surface area contributed by atoms with Gasteiger partial charge in [-0.25, -0.2) is 4.98 Å². The average Bonchev–Trinajstić information content (AvgIpc) is 3.23. The quantitative estimate of drug-likeness (QED) is 0.676. The minimum absolute atomic E-state index is 0.286. The van der Waals surface area contributed by atoms with Crippen LogP contribution in [0.1, 0.15) is 0 Å². The number of nitrogens with one attached hydrogen (secondary N) is 1. The normalized spacial score (nSPS) is 12.4. The summed E-state index contributed by atoms with van der Waals surface area (Å²) < 4.78 is 10.8. The van der Waals surface area contributed by atoms with Crippen molar-refractivity contribution in [3.63, 3.8) is 0 Å². The molecule has 0 saturated carbocycles. The van der Waals surface area contributed by atoms with Crippen LogP contribution in [0.2, 0.25) is 0 Å². The van der Waals surface area contributed by atoms with Gasteiger partial charge in [-0.3, -0.25) is 0 Å². The van der Waals surface area contributed by atoms with E-state index in [1.165, 1.54) is 4.90 Å². The molecule has 0 unspecified atom stereocenters. The number of thiazole rings is 1. The lowest BCUT2D eigenvalue weighted by Crippen LogP contribution is -1.92. The minimum atomic E-state index is 0.286. The van der Waals surface area contributed by atoms with Crippen LogP contribution in [0.3, 0.4) is 0 Å². The highest BCUT2D eigenvalue weighted by Crippen LogP contribution is 2.37. The van der Waals surface area contributed by atoms with Crippen molar-refractivity contribution in [1.82, 2.24) is 4.98 Å². The van der Waals surface area contributed by atoms with Gasteiger partial charge in [0.15, 0.2) is 16.6 Å². The number of fused-ring (bicyclic) bond motifs is 1. The van der Waals surface area contributed by atoms with Gasteiger partial charge in [0.2, 0.25) is 6.79 Å². The summed E-state index contributed by atoms with van der Waals surface area (Å²) in [5.41, 5.74) is 3.00. The monoisotopic (exact) mass is 342 g/mol. The van der Waals surface area contributed by atoms with Gasteiger partial charge in [0.1, 0.15) is 0 Å². The molecule has 2 aromatic carbocycles. The Kier molecular flexibility index (Phi) is 3.85. The Bertz CT molecular complexity index is 848. The number of aromatic nitrogens is 1. The van der Waals surface area contributed by atoms with Crippen molar-refractivity contribution in [3.8, 4) is 22.8 Å². The smallest absolute Gasteiger partial charge is 0.231 e. The number of rotatable bonds is 4. The molecule has 0 radical (unpaired) electrons. The highest BCUT2D eigenvalue weighted by molar-refractivity contribution is 7.98. The Morgan fingerprint density at radius 1 is 1.13 bits per heavy atom. The van der Waals surface area contributed by atoms with E-state index in [0.717, 1.165) is 33.6 Å². The summed E-state index contributed by atoms with van der Waals surface area (Å²) in [6.07, 6.45) is 2.07. The van der Waals surface area contributed by atoms with E-state index in [0.29, 0.717) is 0 Å². The van der Waals surface area contributed by atoms with Crippen LogP contribution in [0.15, 0.2) is 52.7 Å². The summed E-state index contributed by atoms with van der Waals surface area (Å²) in [5, 5.41) is 6.27. The number of ether oxygens (including phenoxy) is 2. The fourth-order valence-electron chi connectivity index (χ4n) is 2.34. The van der Waals surface area contributed by atoms with Crippen molar-refractivity contribution in [2.45, 2.75) is 4.90 Å². The molecule has 1 aliphatic rings. The first kappa shape index (κ1) is 14.4.